The summed E-state index contributed by atoms with van der Waals surface area (Å²) in [6.45, 7) is 5.85. The van der Waals surface area contributed by atoms with Crippen molar-refractivity contribution in [3.63, 3.8) is 0 Å². The number of nitrogens with zero attached hydrogens (tertiary/aromatic N) is 2. The number of halogens is 1. The number of aliphatic hydroxyl groups excluding tert-OH is 1. The summed E-state index contributed by atoms with van der Waals surface area (Å²) in [4.78, 5) is 32.8. The van der Waals surface area contributed by atoms with E-state index in [0.717, 1.165) is 27.1 Å². The van der Waals surface area contributed by atoms with Gasteiger partial charge in [0.1, 0.15) is 29.5 Å². The van der Waals surface area contributed by atoms with Crippen molar-refractivity contribution in [3.8, 4) is 5.75 Å². The molecule has 3 aromatic carbocycles. The van der Waals surface area contributed by atoms with Gasteiger partial charge in [0.05, 0.1) is 15.8 Å². The number of benzene rings is 3. The Bertz CT molecular complexity index is 1660. The van der Waals surface area contributed by atoms with Gasteiger partial charge in [0.15, 0.2) is 5.13 Å². The van der Waals surface area contributed by atoms with Gasteiger partial charge in [-0.2, -0.15) is 0 Å². The normalized spacial score (nSPS) is 20.5. The van der Waals surface area contributed by atoms with E-state index in [2.05, 4.69) is 4.98 Å². The van der Waals surface area contributed by atoms with Gasteiger partial charge in [0, 0.05) is 17.5 Å². The lowest BCUT2D eigenvalue weighted by atomic mass is 9.94. The molecule has 4 aromatic rings. The third-order valence-electron chi connectivity index (χ3n) is 6.84. The largest absolute Gasteiger partial charge is 0.507 e. The second kappa shape index (κ2) is 8.52. The standard InChI is InChI=1S/C29H23FN2O4S/c1-14-10-15(2)24-22(11-14)37-29(31-24)32-25(19-6-4-5-7-20(19)30)23(27(34)28(32)35)26(33)17-8-9-21-18(13-17)12-16(3)36-21/h4-11,13,16,25,33H,12H2,1-3H3/b26-23+. The molecule has 0 saturated carbocycles. The van der Waals surface area contributed by atoms with E-state index in [1.54, 1.807) is 24.3 Å². The molecule has 186 valence electrons. The number of ether oxygens (including phenoxy) is 1. The summed E-state index contributed by atoms with van der Waals surface area (Å²) < 4.78 is 21.8. The van der Waals surface area contributed by atoms with Gasteiger partial charge in [0.25, 0.3) is 5.78 Å². The molecule has 1 N–H and O–H groups in total. The molecule has 6 rings (SSSR count). The van der Waals surface area contributed by atoms with Crippen LogP contribution in [0.3, 0.4) is 0 Å². The van der Waals surface area contributed by atoms with Crippen LogP contribution in [0.1, 0.15) is 40.8 Å². The summed E-state index contributed by atoms with van der Waals surface area (Å²) >= 11 is 1.26. The number of thiazole rings is 1. The first-order valence-electron chi connectivity index (χ1n) is 12.0. The Labute approximate surface area is 216 Å². The second-order valence-corrected chi connectivity index (χ2v) is 10.6. The Balaban J connectivity index is 1.56. The molecule has 3 heterocycles. The SMILES string of the molecule is Cc1cc(C)c2nc(N3C(=O)C(=O)/C(=C(/O)c4ccc5c(c4)CC(C)O5)C3c3ccccc3F)sc2c1. The first-order valence-corrected chi connectivity index (χ1v) is 12.8. The van der Waals surface area contributed by atoms with E-state index in [1.165, 1.54) is 34.4 Å². The van der Waals surface area contributed by atoms with Crippen molar-refractivity contribution in [2.75, 3.05) is 4.90 Å². The van der Waals surface area contributed by atoms with E-state index < -0.39 is 23.5 Å². The highest BCUT2D eigenvalue weighted by molar-refractivity contribution is 7.22. The number of ketones is 1. The molecule has 37 heavy (non-hydrogen) atoms. The molecule has 1 saturated heterocycles. The predicted molar refractivity (Wildman–Crippen MR) is 141 cm³/mol. The van der Waals surface area contributed by atoms with E-state index in [4.69, 9.17) is 4.74 Å². The molecular formula is C29H23FN2O4S. The summed E-state index contributed by atoms with van der Waals surface area (Å²) in [6, 6.07) is 13.9. The van der Waals surface area contributed by atoms with E-state index in [-0.39, 0.29) is 28.1 Å². The van der Waals surface area contributed by atoms with Gasteiger partial charge in [-0.15, -0.1) is 0 Å². The van der Waals surface area contributed by atoms with Crippen LogP contribution in [0, 0.1) is 19.7 Å². The molecule has 2 atom stereocenters. The predicted octanol–water partition coefficient (Wildman–Crippen LogP) is 6.00. The van der Waals surface area contributed by atoms with E-state index in [0.29, 0.717) is 17.5 Å². The Morgan fingerprint density at radius 1 is 1.14 bits per heavy atom. The van der Waals surface area contributed by atoms with Crippen LogP contribution in [0.15, 0.2) is 60.2 Å². The second-order valence-electron chi connectivity index (χ2n) is 9.57. The van der Waals surface area contributed by atoms with Crippen molar-refractivity contribution in [3.05, 3.63) is 93.8 Å². The molecule has 8 heteroatoms. The number of aromatic nitrogens is 1. The quantitative estimate of drug-likeness (QED) is 0.206. The van der Waals surface area contributed by atoms with Crippen molar-refractivity contribution >= 4 is 44.1 Å². The van der Waals surface area contributed by atoms with Crippen LogP contribution >= 0.6 is 11.3 Å². The van der Waals surface area contributed by atoms with Crippen LogP contribution in [-0.4, -0.2) is 27.9 Å². The molecular weight excluding hydrogens is 491 g/mol. The number of aliphatic hydroxyl groups is 1. The minimum atomic E-state index is -1.17. The highest BCUT2D eigenvalue weighted by Gasteiger charge is 2.49. The molecule has 6 nitrogen and oxygen atoms in total. The Morgan fingerprint density at radius 2 is 1.92 bits per heavy atom. The van der Waals surface area contributed by atoms with Gasteiger partial charge in [-0.05, 0) is 67.8 Å². The highest BCUT2D eigenvalue weighted by atomic mass is 32.1. The van der Waals surface area contributed by atoms with Gasteiger partial charge in [0.2, 0.25) is 0 Å². The van der Waals surface area contributed by atoms with Gasteiger partial charge < -0.3 is 9.84 Å². The Morgan fingerprint density at radius 3 is 2.70 bits per heavy atom. The van der Waals surface area contributed by atoms with Crippen LogP contribution in [0.25, 0.3) is 16.0 Å². The fraction of sp³-hybridized carbons (Fsp3) is 0.207. The van der Waals surface area contributed by atoms with Crippen molar-refractivity contribution in [2.45, 2.75) is 39.3 Å². The summed E-state index contributed by atoms with van der Waals surface area (Å²) in [5, 5.41) is 11.7. The van der Waals surface area contributed by atoms with Gasteiger partial charge >= 0.3 is 5.91 Å². The van der Waals surface area contributed by atoms with Crippen LogP contribution in [0.2, 0.25) is 0 Å². The van der Waals surface area contributed by atoms with Gasteiger partial charge in [-0.3, -0.25) is 14.5 Å². The summed E-state index contributed by atoms with van der Waals surface area (Å²) in [5.74, 6) is -1.97. The maximum atomic E-state index is 15.2. The monoisotopic (exact) mass is 514 g/mol. The number of carbonyl (C=O) groups excluding carboxylic acids is 2. The Kier molecular flexibility index (Phi) is 5.38. The first-order chi connectivity index (χ1) is 17.7. The summed E-state index contributed by atoms with van der Waals surface area (Å²) in [5.41, 5.74) is 3.89. The van der Waals surface area contributed by atoms with E-state index >= 15 is 4.39 Å². The van der Waals surface area contributed by atoms with Crippen molar-refractivity contribution in [1.29, 1.82) is 0 Å². The molecule has 0 radical (unpaired) electrons. The fourth-order valence-corrected chi connectivity index (χ4v) is 6.38. The van der Waals surface area contributed by atoms with Crippen LogP contribution in [0.5, 0.6) is 5.75 Å². The van der Waals surface area contributed by atoms with Crippen LogP contribution < -0.4 is 9.64 Å². The molecule has 2 aliphatic heterocycles. The lowest BCUT2D eigenvalue weighted by Gasteiger charge is -2.23. The van der Waals surface area contributed by atoms with Crippen LogP contribution in [-0.2, 0) is 16.0 Å². The first kappa shape index (κ1) is 23.4. The average molecular weight is 515 g/mol. The molecule has 0 bridgehead atoms. The molecule has 1 amide bonds. The average Bonchev–Trinajstić information content (AvgIpc) is 3.52. The molecule has 1 aromatic heterocycles. The Hall–Kier alpha value is -4.04. The minimum absolute atomic E-state index is 0.00233. The summed E-state index contributed by atoms with van der Waals surface area (Å²) in [6.07, 6.45) is 0.661. The van der Waals surface area contributed by atoms with Gasteiger partial charge in [-0.25, -0.2) is 9.37 Å². The molecule has 0 spiro atoms. The highest BCUT2D eigenvalue weighted by Crippen LogP contribution is 2.45. The molecule has 0 aliphatic carbocycles. The summed E-state index contributed by atoms with van der Waals surface area (Å²) in [7, 11) is 0. The molecule has 2 unspecified atom stereocenters. The van der Waals surface area contributed by atoms with E-state index in [9.17, 15) is 14.7 Å². The number of hydrogen-bond acceptors (Lipinski definition) is 6. The fourth-order valence-electron chi connectivity index (χ4n) is 5.21. The smallest absolute Gasteiger partial charge is 0.301 e. The minimum Gasteiger partial charge on any atom is -0.507 e. The zero-order chi connectivity index (χ0) is 26.0. The number of Topliss-reactive ketones (excluding diaryl/α,β-unsaturated/α-hetero) is 1. The van der Waals surface area contributed by atoms with Gasteiger partial charge in [-0.1, -0.05) is 35.6 Å². The van der Waals surface area contributed by atoms with Crippen molar-refractivity contribution < 1.29 is 23.8 Å². The van der Waals surface area contributed by atoms with Crippen LogP contribution in [0.4, 0.5) is 9.52 Å². The number of hydrogen-bond donors (Lipinski definition) is 1. The zero-order valence-electron chi connectivity index (χ0n) is 20.4. The number of fused-ring (bicyclic) bond motifs is 2. The van der Waals surface area contributed by atoms with Crippen molar-refractivity contribution in [2.24, 2.45) is 0 Å². The third-order valence-corrected chi connectivity index (χ3v) is 7.84. The third kappa shape index (κ3) is 3.71. The van der Waals surface area contributed by atoms with Crippen molar-refractivity contribution in [1.82, 2.24) is 4.98 Å². The number of carbonyl (C=O) groups is 2. The molecule has 2 aliphatic rings. The molecule has 1 fully saturated rings. The topological polar surface area (TPSA) is 79.7 Å². The lowest BCUT2D eigenvalue weighted by molar-refractivity contribution is -0.132. The van der Waals surface area contributed by atoms with E-state index in [1.807, 2.05) is 32.9 Å². The number of anilines is 1. The maximum Gasteiger partial charge on any atom is 0.301 e. The maximum absolute atomic E-state index is 15.2. The number of amides is 1. The number of aryl methyl sites for hydroxylation is 2. The lowest BCUT2D eigenvalue weighted by Crippen LogP contribution is -2.29. The number of rotatable bonds is 3. The zero-order valence-corrected chi connectivity index (χ0v) is 21.2.